The molecule has 4 N–H and O–H groups in total. The molecule has 0 aromatic heterocycles. The van der Waals surface area contributed by atoms with Crippen molar-refractivity contribution >= 4 is 28.3 Å². The first-order valence-electron chi connectivity index (χ1n) is 7.48. The first-order valence-corrected chi connectivity index (χ1v) is 8.96. The van der Waals surface area contributed by atoms with E-state index < -0.39 is 15.9 Å². The second-order valence-electron chi connectivity index (χ2n) is 5.90. The predicted molar refractivity (Wildman–Crippen MR) is 93.8 cm³/mol. The van der Waals surface area contributed by atoms with E-state index in [1.807, 2.05) is 0 Å². The van der Waals surface area contributed by atoms with Crippen LogP contribution in [0.1, 0.15) is 23.2 Å². The first-order chi connectivity index (χ1) is 10.9. The summed E-state index contributed by atoms with van der Waals surface area (Å²) >= 11 is 0. The lowest BCUT2D eigenvalue weighted by atomic mass is 9.80. The molecule has 0 aliphatic carbocycles. The molecule has 1 amide bonds. The van der Waals surface area contributed by atoms with E-state index in [9.17, 15) is 13.2 Å². The van der Waals surface area contributed by atoms with Crippen LogP contribution in [0.25, 0.3) is 0 Å². The summed E-state index contributed by atoms with van der Waals surface area (Å²) in [6, 6.07) is 5.72. The molecule has 0 spiro atoms. The second kappa shape index (κ2) is 8.77. The van der Waals surface area contributed by atoms with Crippen molar-refractivity contribution in [1.29, 1.82) is 0 Å². The molecule has 1 aromatic carbocycles. The van der Waals surface area contributed by atoms with E-state index in [-0.39, 0.29) is 28.3 Å². The van der Waals surface area contributed by atoms with Gasteiger partial charge in [0.1, 0.15) is 0 Å². The number of amides is 1. The van der Waals surface area contributed by atoms with Crippen LogP contribution in [0.4, 0.5) is 0 Å². The Hall–Kier alpha value is -1.19. The number of rotatable bonds is 7. The summed E-state index contributed by atoms with van der Waals surface area (Å²) in [6.45, 7) is 2.47. The van der Waals surface area contributed by atoms with Crippen LogP contribution in [0.2, 0.25) is 0 Å². The number of sulfonamides is 1. The van der Waals surface area contributed by atoms with Gasteiger partial charge in [-0.1, -0.05) is 6.07 Å². The van der Waals surface area contributed by atoms with Crippen molar-refractivity contribution in [3.05, 3.63) is 29.8 Å². The van der Waals surface area contributed by atoms with Crippen LogP contribution in [-0.2, 0) is 14.8 Å². The summed E-state index contributed by atoms with van der Waals surface area (Å²) in [6.07, 6.45) is 1.68. The molecule has 0 unspecified atom stereocenters. The number of hydrogen-bond acceptors (Lipinski definition) is 5. The molecule has 1 heterocycles. The van der Waals surface area contributed by atoms with Gasteiger partial charge in [0.05, 0.1) is 11.5 Å². The maximum Gasteiger partial charge on any atom is 0.248 e. The van der Waals surface area contributed by atoms with Gasteiger partial charge >= 0.3 is 0 Å². The Bertz CT molecular complexity index is 655. The Kier molecular flexibility index (Phi) is 7.62. The fourth-order valence-corrected chi connectivity index (χ4v) is 3.99. The van der Waals surface area contributed by atoms with Gasteiger partial charge in [0, 0.05) is 24.6 Å². The molecule has 1 saturated heterocycles. The summed E-state index contributed by atoms with van der Waals surface area (Å²) in [5, 5.41) is 3.26. The van der Waals surface area contributed by atoms with Gasteiger partial charge in [0.25, 0.3) is 0 Å². The van der Waals surface area contributed by atoms with Gasteiger partial charge in [-0.3, -0.25) is 4.79 Å². The fourth-order valence-electron chi connectivity index (χ4n) is 2.78. The third-order valence-corrected chi connectivity index (χ3v) is 5.58. The average molecular weight is 378 g/mol. The summed E-state index contributed by atoms with van der Waals surface area (Å²) < 4.78 is 32.9. The van der Waals surface area contributed by atoms with E-state index >= 15 is 0 Å². The highest BCUT2D eigenvalue weighted by Gasteiger charge is 2.33. The van der Waals surface area contributed by atoms with Gasteiger partial charge in [-0.2, -0.15) is 0 Å². The minimum Gasteiger partial charge on any atom is -0.384 e. The lowest BCUT2D eigenvalue weighted by Crippen LogP contribution is -2.47. The van der Waals surface area contributed by atoms with E-state index in [2.05, 4.69) is 10.0 Å². The molecule has 0 saturated carbocycles. The van der Waals surface area contributed by atoms with Gasteiger partial charge in [-0.05, 0) is 44.1 Å². The number of carbonyl (C=O) groups excluding carboxylic acids is 1. The summed E-state index contributed by atoms with van der Waals surface area (Å²) in [5.41, 5.74) is 5.15. The fraction of sp³-hybridized carbons (Fsp3) is 0.533. The first kappa shape index (κ1) is 20.9. The van der Waals surface area contributed by atoms with Crippen LogP contribution in [0, 0.1) is 5.41 Å². The number of benzene rings is 1. The number of nitrogens with two attached hydrogens (primary N) is 1. The van der Waals surface area contributed by atoms with Crippen molar-refractivity contribution < 1.29 is 17.9 Å². The summed E-state index contributed by atoms with van der Waals surface area (Å²) in [4.78, 5) is 11.2. The Morgan fingerprint density at radius 1 is 1.38 bits per heavy atom. The van der Waals surface area contributed by atoms with Crippen LogP contribution in [0.3, 0.4) is 0 Å². The zero-order valence-corrected chi connectivity index (χ0v) is 15.2. The molecule has 7 nitrogen and oxygen atoms in total. The van der Waals surface area contributed by atoms with Gasteiger partial charge in [0.15, 0.2) is 0 Å². The number of primary amides is 1. The minimum absolute atomic E-state index is 0. The molecular weight excluding hydrogens is 354 g/mol. The van der Waals surface area contributed by atoms with Crippen molar-refractivity contribution in [2.24, 2.45) is 11.1 Å². The monoisotopic (exact) mass is 377 g/mol. The highest BCUT2D eigenvalue weighted by atomic mass is 35.5. The number of halogens is 1. The Balaban J connectivity index is 0.00000288. The quantitative estimate of drug-likeness (QED) is 0.641. The molecule has 1 aromatic rings. The number of hydrogen-bond donors (Lipinski definition) is 3. The highest BCUT2D eigenvalue weighted by molar-refractivity contribution is 7.89. The number of methoxy groups -OCH3 is 1. The van der Waals surface area contributed by atoms with E-state index in [0.29, 0.717) is 13.2 Å². The molecule has 136 valence electrons. The lowest BCUT2D eigenvalue weighted by molar-refractivity contribution is 0.0577. The van der Waals surface area contributed by atoms with E-state index in [4.69, 9.17) is 10.5 Å². The summed E-state index contributed by atoms with van der Waals surface area (Å²) in [5.74, 6) is -0.656. The van der Waals surface area contributed by atoms with Crippen molar-refractivity contribution in [2.45, 2.75) is 17.7 Å². The largest absolute Gasteiger partial charge is 0.384 e. The van der Waals surface area contributed by atoms with Gasteiger partial charge in [0.2, 0.25) is 15.9 Å². The number of piperidine rings is 1. The molecule has 0 radical (unpaired) electrons. The van der Waals surface area contributed by atoms with Crippen molar-refractivity contribution in [1.82, 2.24) is 10.0 Å². The molecular formula is C15H24ClN3O4S. The molecule has 1 fully saturated rings. The third-order valence-electron chi connectivity index (χ3n) is 4.18. The van der Waals surface area contributed by atoms with Crippen LogP contribution >= 0.6 is 12.4 Å². The standard InChI is InChI=1S/C15H23N3O4S.ClH/c1-22-11-15(5-7-17-8-6-15)10-18-23(20,21)13-4-2-3-12(9-13)14(16)19;/h2-4,9,17-18H,5-8,10-11H2,1H3,(H2,16,19);1H. The zero-order valence-electron chi connectivity index (χ0n) is 13.6. The van der Waals surface area contributed by atoms with Crippen molar-refractivity contribution in [3.8, 4) is 0 Å². The average Bonchev–Trinajstić information content (AvgIpc) is 2.54. The minimum atomic E-state index is -3.71. The molecule has 0 atom stereocenters. The SMILES string of the molecule is COCC1(CNS(=O)(=O)c2cccc(C(N)=O)c2)CCNCC1.Cl. The molecule has 2 rings (SSSR count). The van der Waals surface area contributed by atoms with E-state index in [1.165, 1.54) is 24.3 Å². The highest BCUT2D eigenvalue weighted by Crippen LogP contribution is 2.28. The van der Waals surface area contributed by atoms with E-state index in [1.54, 1.807) is 7.11 Å². The van der Waals surface area contributed by atoms with Gasteiger partial charge in [-0.15, -0.1) is 12.4 Å². The van der Waals surface area contributed by atoms with Crippen LogP contribution in [0.15, 0.2) is 29.2 Å². The number of carbonyl (C=O) groups is 1. The van der Waals surface area contributed by atoms with Crippen LogP contribution in [0.5, 0.6) is 0 Å². The van der Waals surface area contributed by atoms with E-state index in [0.717, 1.165) is 25.9 Å². The second-order valence-corrected chi connectivity index (χ2v) is 7.67. The normalized spacial score (nSPS) is 17.0. The van der Waals surface area contributed by atoms with Crippen LogP contribution in [-0.4, -0.2) is 47.7 Å². The molecule has 0 bridgehead atoms. The van der Waals surface area contributed by atoms with Crippen molar-refractivity contribution in [2.75, 3.05) is 33.4 Å². The molecule has 1 aliphatic rings. The zero-order chi connectivity index (χ0) is 16.9. The van der Waals surface area contributed by atoms with Crippen LogP contribution < -0.4 is 15.8 Å². The Morgan fingerprint density at radius 2 is 2.04 bits per heavy atom. The molecule has 1 aliphatic heterocycles. The van der Waals surface area contributed by atoms with Gasteiger partial charge < -0.3 is 15.8 Å². The topological polar surface area (TPSA) is 111 Å². The smallest absolute Gasteiger partial charge is 0.248 e. The third kappa shape index (κ3) is 5.15. The maximum atomic E-state index is 12.5. The number of ether oxygens (including phenoxy) is 1. The maximum absolute atomic E-state index is 12.5. The summed E-state index contributed by atoms with van der Waals surface area (Å²) in [7, 11) is -2.09. The van der Waals surface area contributed by atoms with Crippen molar-refractivity contribution in [3.63, 3.8) is 0 Å². The molecule has 24 heavy (non-hydrogen) atoms. The predicted octanol–water partition coefficient (Wildman–Crippen LogP) is 0.502. The Morgan fingerprint density at radius 3 is 2.62 bits per heavy atom. The number of nitrogens with one attached hydrogen (secondary N) is 2. The lowest BCUT2D eigenvalue weighted by Gasteiger charge is -2.37. The van der Waals surface area contributed by atoms with Gasteiger partial charge in [-0.25, -0.2) is 13.1 Å². The molecule has 9 heteroatoms. The Labute approximate surface area is 148 Å².